The van der Waals surface area contributed by atoms with Crippen LogP contribution >= 0.6 is 0 Å². The standard InChI is InChI=1S/C14H21N3O3/c1-18-11-3-4-13(19-2)12(7-11)17-14(15)16-8-10-5-6-20-9-10/h3-4,7,10H,5-6,8-9H2,1-2H3,(H3,15,16,17). The van der Waals surface area contributed by atoms with Crippen LogP contribution in [-0.4, -0.2) is 39.9 Å². The third kappa shape index (κ3) is 3.77. The molecule has 0 aliphatic carbocycles. The van der Waals surface area contributed by atoms with E-state index in [4.69, 9.17) is 19.9 Å². The lowest BCUT2D eigenvalue weighted by Crippen LogP contribution is -2.24. The SMILES string of the molecule is COc1ccc(OC)c(NC(N)=NCC2CCOC2)c1. The molecule has 0 bridgehead atoms. The maximum absolute atomic E-state index is 5.90. The van der Waals surface area contributed by atoms with Gasteiger partial charge in [0.2, 0.25) is 0 Å². The first kappa shape index (κ1) is 14.5. The van der Waals surface area contributed by atoms with Crippen molar-refractivity contribution in [1.82, 2.24) is 0 Å². The predicted molar refractivity (Wildman–Crippen MR) is 78.6 cm³/mol. The van der Waals surface area contributed by atoms with Crippen molar-refractivity contribution < 1.29 is 14.2 Å². The van der Waals surface area contributed by atoms with Gasteiger partial charge < -0.3 is 25.3 Å². The number of nitrogens with two attached hydrogens (primary N) is 1. The van der Waals surface area contributed by atoms with Gasteiger partial charge in [-0.05, 0) is 18.6 Å². The van der Waals surface area contributed by atoms with Crippen molar-refractivity contribution in [2.45, 2.75) is 6.42 Å². The van der Waals surface area contributed by atoms with Gasteiger partial charge in [-0.15, -0.1) is 0 Å². The Hall–Kier alpha value is -1.95. The molecule has 2 rings (SSSR count). The Balaban J connectivity index is 2.01. The zero-order valence-electron chi connectivity index (χ0n) is 11.9. The van der Waals surface area contributed by atoms with Crippen LogP contribution in [0.15, 0.2) is 23.2 Å². The summed E-state index contributed by atoms with van der Waals surface area (Å²) in [4.78, 5) is 4.34. The van der Waals surface area contributed by atoms with Crippen LogP contribution in [0.25, 0.3) is 0 Å². The lowest BCUT2D eigenvalue weighted by molar-refractivity contribution is 0.187. The highest BCUT2D eigenvalue weighted by Gasteiger charge is 2.15. The number of nitrogens with one attached hydrogen (secondary N) is 1. The fourth-order valence-corrected chi connectivity index (χ4v) is 2.04. The summed E-state index contributed by atoms with van der Waals surface area (Å²) in [5.41, 5.74) is 6.63. The van der Waals surface area contributed by atoms with Crippen LogP contribution in [0.1, 0.15) is 6.42 Å². The molecule has 6 nitrogen and oxygen atoms in total. The van der Waals surface area contributed by atoms with Gasteiger partial charge in [-0.3, -0.25) is 4.99 Å². The molecule has 1 heterocycles. The Morgan fingerprint density at radius 3 is 2.95 bits per heavy atom. The van der Waals surface area contributed by atoms with Crippen LogP contribution in [0, 0.1) is 5.92 Å². The lowest BCUT2D eigenvalue weighted by Gasteiger charge is -2.12. The summed E-state index contributed by atoms with van der Waals surface area (Å²) in [7, 11) is 3.22. The van der Waals surface area contributed by atoms with Crippen molar-refractivity contribution in [2.75, 3.05) is 39.3 Å². The zero-order chi connectivity index (χ0) is 14.4. The Morgan fingerprint density at radius 1 is 1.45 bits per heavy atom. The van der Waals surface area contributed by atoms with Crippen molar-refractivity contribution in [3.8, 4) is 11.5 Å². The first-order valence-electron chi connectivity index (χ1n) is 6.59. The molecule has 20 heavy (non-hydrogen) atoms. The number of rotatable bonds is 5. The molecule has 3 N–H and O–H groups in total. The van der Waals surface area contributed by atoms with Crippen LogP contribution in [0.2, 0.25) is 0 Å². The second-order valence-electron chi connectivity index (χ2n) is 4.65. The topological polar surface area (TPSA) is 78.1 Å². The fraction of sp³-hybridized carbons (Fsp3) is 0.500. The largest absolute Gasteiger partial charge is 0.497 e. The van der Waals surface area contributed by atoms with E-state index >= 15 is 0 Å². The highest BCUT2D eigenvalue weighted by atomic mass is 16.5. The molecule has 110 valence electrons. The third-order valence-corrected chi connectivity index (χ3v) is 3.21. The molecule has 1 unspecified atom stereocenters. The molecule has 0 spiro atoms. The first-order valence-corrected chi connectivity index (χ1v) is 6.59. The number of hydrogen-bond donors (Lipinski definition) is 2. The molecule has 0 amide bonds. The van der Waals surface area contributed by atoms with E-state index in [9.17, 15) is 0 Å². The van der Waals surface area contributed by atoms with Gasteiger partial charge in [0, 0.05) is 25.1 Å². The van der Waals surface area contributed by atoms with E-state index in [0.29, 0.717) is 24.2 Å². The molecule has 1 aromatic carbocycles. The van der Waals surface area contributed by atoms with Crippen LogP contribution < -0.4 is 20.5 Å². The highest BCUT2D eigenvalue weighted by molar-refractivity contribution is 5.94. The maximum atomic E-state index is 5.90. The Morgan fingerprint density at radius 2 is 2.30 bits per heavy atom. The average molecular weight is 279 g/mol. The third-order valence-electron chi connectivity index (χ3n) is 3.21. The number of ether oxygens (including phenoxy) is 3. The number of anilines is 1. The molecule has 1 atom stereocenters. The molecule has 1 aliphatic rings. The van der Waals surface area contributed by atoms with Gasteiger partial charge in [0.25, 0.3) is 0 Å². The Kier molecular flexibility index (Phi) is 5.06. The summed E-state index contributed by atoms with van der Waals surface area (Å²) in [6.45, 7) is 2.25. The van der Waals surface area contributed by atoms with Crippen LogP contribution in [-0.2, 0) is 4.74 Å². The summed E-state index contributed by atoms with van der Waals surface area (Å²) in [6.07, 6.45) is 1.04. The van der Waals surface area contributed by atoms with Gasteiger partial charge in [-0.1, -0.05) is 0 Å². The highest BCUT2D eigenvalue weighted by Crippen LogP contribution is 2.28. The van der Waals surface area contributed by atoms with E-state index in [0.717, 1.165) is 31.1 Å². The van der Waals surface area contributed by atoms with Crippen molar-refractivity contribution in [3.63, 3.8) is 0 Å². The number of benzene rings is 1. The summed E-state index contributed by atoms with van der Waals surface area (Å²) < 4.78 is 15.8. The van der Waals surface area contributed by atoms with Crippen LogP contribution in [0.3, 0.4) is 0 Å². The molecule has 1 aromatic rings. The fourth-order valence-electron chi connectivity index (χ4n) is 2.04. The first-order chi connectivity index (χ1) is 9.72. The smallest absolute Gasteiger partial charge is 0.193 e. The second-order valence-corrected chi connectivity index (χ2v) is 4.65. The van der Waals surface area contributed by atoms with Gasteiger partial charge in [-0.25, -0.2) is 0 Å². The summed E-state index contributed by atoms with van der Waals surface area (Å²) >= 11 is 0. The molecule has 1 aliphatic heterocycles. The van der Waals surface area contributed by atoms with Crippen molar-refractivity contribution in [1.29, 1.82) is 0 Å². The van der Waals surface area contributed by atoms with Crippen LogP contribution in [0.4, 0.5) is 5.69 Å². The van der Waals surface area contributed by atoms with Crippen molar-refractivity contribution in [3.05, 3.63) is 18.2 Å². The molecular weight excluding hydrogens is 258 g/mol. The Labute approximate surface area is 118 Å². The number of aliphatic imine (C=N–C) groups is 1. The van der Waals surface area contributed by atoms with Crippen molar-refractivity contribution in [2.24, 2.45) is 16.6 Å². The van der Waals surface area contributed by atoms with Crippen molar-refractivity contribution >= 4 is 11.6 Å². The Bertz CT molecular complexity index is 471. The lowest BCUT2D eigenvalue weighted by atomic mass is 10.1. The minimum atomic E-state index is 0.364. The van der Waals surface area contributed by atoms with Gasteiger partial charge in [0.15, 0.2) is 5.96 Å². The van der Waals surface area contributed by atoms with E-state index < -0.39 is 0 Å². The second kappa shape index (κ2) is 7.00. The van der Waals surface area contributed by atoms with E-state index in [2.05, 4.69) is 10.3 Å². The maximum Gasteiger partial charge on any atom is 0.193 e. The molecule has 0 radical (unpaired) electrons. The summed E-state index contributed by atoms with van der Waals surface area (Å²) in [5, 5.41) is 3.04. The zero-order valence-corrected chi connectivity index (χ0v) is 11.9. The van der Waals surface area contributed by atoms with E-state index in [1.54, 1.807) is 14.2 Å². The van der Waals surface area contributed by atoms with E-state index in [-0.39, 0.29) is 0 Å². The van der Waals surface area contributed by atoms with Crippen LogP contribution in [0.5, 0.6) is 11.5 Å². The number of guanidine groups is 1. The molecular formula is C14H21N3O3. The monoisotopic (exact) mass is 279 g/mol. The van der Waals surface area contributed by atoms with E-state index in [1.807, 2.05) is 18.2 Å². The molecule has 0 aromatic heterocycles. The quantitative estimate of drug-likeness (QED) is 0.630. The average Bonchev–Trinajstić information content (AvgIpc) is 2.98. The molecule has 1 fully saturated rings. The molecule has 0 saturated carbocycles. The predicted octanol–water partition coefficient (Wildman–Crippen LogP) is 1.47. The normalized spacial score (nSPS) is 18.9. The van der Waals surface area contributed by atoms with Gasteiger partial charge >= 0.3 is 0 Å². The minimum Gasteiger partial charge on any atom is -0.497 e. The number of nitrogens with zero attached hydrogens (tertiary/aromatic N) is 1. The summed E-state index contributed by atoms with van der Waals surface area (Å²) in [6, 6.07) is 5.46. The van der Waals surface area contributed by atoms with Gasteiger partial charge in [-0.2, -0.15) is 0 Å². The number of methoxy groups -OCH3 is 2. The number of hydrogen-bond acceptors (Lipinski definition) is 4. The summed E-state index contributed by atoms with van der Waals surface area (Å²) in [5.74, 6) is 2.24. The minimum absolute atomic E-state index is 0.364. The van der Waals surface area contributed by atoms with Gasteiger partial charge in [0.1, 0.15) is 11.5 Å². The molecule has 1 saturated heterocycles. The van der Waals surface area contributed by atoms with E-state index in [1.165, 1.54) is 0 Å². The molecule has 6 heteroatoms. The van der Waals surface area contributed by atoms with Gasteiger partial charge in [0.05, 0.1) is 26.5 Å².